The van der Waals surface area contributed by atoms with E-state index in [1.54, 1.807) is 0 Å². The van der Waals surface area contributed by atoms with Gasteiger partial charge in [0.1, 0.15) is 6.04 Å². The maximum absolute atomic E-state index is 9.43. The average molecular weight is 230 g/mol. The van der Waals surface area contributed by atoms with Gasteiger partial charge in [-0.25, -0.2) is 0 Å². The Morgan fingerprint density at radius 1 is 1.35 bits per heavy atom. The minimum absolute atomic E-state index is 0.0888. The summed E-state index contributed by atoms with van der Waals surface area (Å²) in [5.41, 5.74) is 0.971. The number of nitrogens with zero attached hydrogens (tertiary/aromatic N) is 2. The molecule has 2 rings (SSSR count). The van der Waals surface area contributed by atoms with Gasteiger partial charge in [-0.15, -0.1) is 0 Å². The van der Waals surface area contributed by atoms with E-state index in [2.05, 4.69) is 24.8 Å². The fourth-order valence-corrected chi connectivity index (χ4v) is 2.31. The number of hydrogen-bond donors (Lipinski definition) is 0. The van der Waals surface area contributed by atoms with E-state index in [-0.39, 0.29) is 11.6 Å². The van der Waals surface area contributed by atoms with Crippen LogP contribution in [-0.4, -0.2) is 30.2 Å². The summed E-state index contributed by atoms with van der Waals surface area (Å²) in [6.07, 6.45) is 0. The van der Waals surface area contributed by atoms with Gasteiger partial charge in [0.05, 0.1) is 19.3 Å². The lowest BCUT2D eigenvalue weighted by molar-refractivity contribution is -0.0630. The number of nitriles is 1. The standard InChI is InChI=1S/C14H18N2O/c1-14(2)11-17-9-8-16(14)13(10-15)12-6-4-3-5-7-12/h3-7,13H,8-9,11H2,1-2H3. The fourth-order valence-electron chi connectivity index (χ4n) is 2.31. The second-order valence-corrected chi connectivity index (χ2v) is 5.00. The van der Waals surface area contributed by atoms with Gasteiger partial charge >= 0.3 is 0 Å². The number of benzene rings is 1. The Hall–Kier alpha value is -1.37. The molecule has 0 radical (unpaired) electrons. The third-order valence-corrected chi connectivity index (χ3v) is 3.26. The highest BCUT2D eigenvalue weighted by Crippen LogP contribution is 2.30. The molecule has 0 saturated carbocycles. The highest BCUT2D eigenvalue weighted by Gasteiger charge is 2.36. The van der Waals surface area contributed by atoms with Crippen molar-refractivity contribution in [3.63, 3.8) is 0 Å². The summed E-state index contributed by atoms with van der Waals surface area (Å²) in [4.78, 5) is 2.23. The number of morpholine rings is 1. The van der Waals surface area contributed by atoms with Crippen molar-refractivity contribution in [3.8, 4) is 6.07 Å². The molecule has 1 aliphatic rings. The summed E-state index contributed by atoms with van der Waals surface area (Å²) in [5.74, 6) is 0. The summed E-state index contributed by atoms with van der Waals surface area (Å²) in [6, 6.07) is 12.2. The van der Waals surface area contributed by atoms with E-state index in [1.165, 1.54) is 0 Å². The molecule has 1 aromatic rings. The van der Waals surface area contributed by atoms with Gasteiger partial charge < -0.3 is 4.74 Å². The van der Waals surface area contributed by atoms with Gasteiger partial charge in [0.2, 0.25) is 0 Å². The molecule has 1 aromatic carbocycles. The van der Waals surface area contributed by atoms with Crippen molar-refractivity contribution in [2.45, 2.75) is 25.4 Å². The van der Waals surface area contributed by atoms with Crippen LogP contribution in [0.1, 0.15) is 25.5 Å². The lowest BCUT2D eigenvalue weighted by atomic mass is 9.96. The van der Waals surface area contributed by atoms with Gasteiger partial charge in [0.25, 0.3) is 0 Å². The highest BCUT2D eigenvalue weighted by atomic mass is 16.5. The van der Waals surface area contributed by atoms with Crippen LogP contribution in [0, 0.1) is 11.3 Å². The van der Waals surface area contributed by atoms with E-state index in [1.807, 2.05) is 30.3 Å². The molecular weight excluding hydrogens is 212 g/mol. The molecule has 17 heavy (non-hydrogen) atoms. The molecular formula is C14H18N2O. The van der Waals surface area contributed by atoms with Crippen molar-refractivity contribution in [1.29, 1.82) is 5.26 Å². The molecule has 1 fully saturated rings. The maximum Gasteiger partial charge on any atom is 0.124 e. The molecule has 1 aliphatic heterocycles. The zero-order chi connectivity index (χ0) is 12.3. The van der Waals surface area contributed by atoms with Crippen molar-refractivity contribution in [2.75, 3.05) is 19.8 Å². The molecule has 3 nitrogen and oxygen atoms in total. The second kappa shape index (κ2) is 4.87. The average Bonchev–Trinajstić information content (AvgIpc) is 2.33. The van der Waals surface area contributed by atoms with E-state index in [9.17, 15) is 5.26 Å². The Bertz CT molecular complexity index is 408. The highest BCUT2D eigenvalue weighted by molar-refractivity contribution is 5.25. The molecule has 0 bridgehead atoms. The Morgan fingerprint density at radius 3 is 2.65 bits per heavy atom. The first-order valence-electron chi connectivity index (χ1n) is 5.94. The molecule has 1 heterocycles. The molecule has 0 aliphatic carbocycles. The van der Waals surface area contributed by atoms with Crippen LogP contribution in [-0.2, 0) is 4.74 Å². The van der Waals surface area contributed by atoms with Crippen molar-refractivity contribution in [2.24, 2.45) is 0 Å². The van der Waals surface area contributed by atoms with Crippen molar-refractivity contribution in [1.82, 2.24) is 4.90 Å². The van der Waals surface area contributed by atoms with E-state index in [0.717, 1.165) is 12.1 Å². The minimum Gasteiger partial charge on any atom is -0.378 e. The van der Waals surface area contributed by atoms with Crippen LogP contribution in [0.4, 0.5) is 0 Å². The first-order valence-corrected chi connectivity index (χ1v) is 5.94. The van der Waals surface area contributed by atoms with Gasteiger partial charge in [-0.3, -0.25) is 4.90 Å². The van der Waals surface area contributed by atoms with Crippen LogP contribution in [0.5, 0.6) is 0 Å². The summed E-state index contributed by atoms with van der Waals surface area (Å²) in [7, 11) is 0. The normalized spacial score (nSPS) is 21.7. The van der Waals surface area contributed by atoms with Gasteiger partial charge in [-0.1, -0.05) is 30.3 Å². The quantitative estimate of drug-likeness (QED) is 0.782. The van der Waals surface area contributed by atoms with Gasteiger partial charge in [0.15, 0.2) is 0 Å². The van der Waals surface area contributed by atoms with Gasteiger partial charge in [0, 0.05) is 12.1 Å². The second-order valence-electron chi connectivity index (χ2n) is 5.00. The Balaban J connectivity index is 2.27. The molecule has 3 heteroatoms. The van der Waals surface area contributed by atoms with Gasteiger partial charge in [-0.2, -0.15) is 5.26 Å². The third-order valence-electron chi connectivity index (χ3n) is 3.26. The molecule has 90 valence electrons. The molecule has 1 atom stereocenters. The maximum atomic E-state index is 9.43. The number of hydrogen-bond acceptors (Lipinski definition) is 3. The Labute approximate surface area is 103 Å². The third kappa shape index (κ3) is 2.49. The predicted octanol–water partition coefficient (Wildman–Crippen LogP) is 2.36. The van der Waals surface area contributed by atoms with Crippen molar-refractivity contribution >= 4 is 0 Å². The van der Waals surface area contributed by atoms with Gasteiger partial charge in [-0.05, 0) is 19.4 Å². The topological polar surface area (TPSA) is 36.3 Å². The number of ether oxygens (including phenoxy) is 1. The fraction of sp³-hybridized carbons (Fsp3) is 0.500. The molecule has 1 unspecified atom stereocenters. The minimum atomic E-state index is -0.185. The summed E-state index contributed by atoms with van der Waals surface area (Å²) >= 11 is 0. The first kappa shape index (κ1) is 12.1. The lowest BCUT2D eigenvalue weighted by Gasteiger charge is -2.44. The summed E-state index contributed by atoms with van der Waals surface area (Å²) in [5, 5.41) is 9.43. The van der Waals surface area contributed by atoms with E-state index in [4.69, 9.17) is 4.74 Å². The monoisotopic (exact) mass is 230 g/mol. The molecule has 0 N–H and O–H groups in total. The van der Waals surface area contributed by atoms with Crippen LogP contribution in [0.25, 0.3) is 0 Å². The zero-order valence-corrected chi connectivity index (χ0v) is 10.4. The molecule has 0 spiro atoms. The van der Waals surface area contributed by atoms with Crippen LogP contribution in [0.15, 0.2) is 30.3 Å². The molecule has 0 aromatic heterocycles. The first-order chi connectivity index (χ1) is 8.15. The van der Waals surface area contributed by atoms with E-state index >= 15 is 0 Å². The van der Waals surface area contributed by atoms with Crippen LogP contribution in [0.3, 0.4) is 0 Å². The summed E-state index contributed by atoms with van der Waals surface area (Å²) < 4.78 is 5.49. The van der Waals surface area contributed by atoms with E-state index < -0.39 is 0 Å². The predicted molar refractivity (Wildman–Crippen MR) is 66.4 cm³/mol. The SMILES string of the molecule is CC1(C)COCCN1C(C#N)c1ccccc1. The summed E-state index contributed by atoms with van der Waals surface area (Å²) in [6.45, 7) is 6.44. The Kier molecular flexibility index (Phi) is 3.46. The van der Waals surface area contributed by atoms with Crippen LogP contribution < -0.4 is 0 Å². The van der Waals surface area contributed by atoms with E-state index in [0.29, 0.717) is 13.2 Å². The van der Waals surface area contributed by atoms with Crippen molar-refractivity contribution in [3.05, 3.63) is 35.9 Å². The Morgan fingerprint density at radius 2 is 2.06 bits per heavy atom. The number of rotatable bonds is 2. The largest absolute Gasteiger partial charge is 0.378 e. The van der Waals surface area contributed by atoms with Crippen molar-refractivity contribution < 1.29 is 4.74 Å². The van der Waals surface area contributed by atoms with Crippen LogP contribution in [0.2, 0.25) is 0 Å². The van der Waals surface area contributed by atoms with Crippen LogP contribution >= 0.6 is 0 Å². The molecule has 0 amide bonds. The lowest BCUT2D eigenvalue weighted by Crippen LogP contribution is -2.53. The zero-order valence-electron chi connectivity index (χ0n) is 10.4. The molecule has 1 saturated heterocycles. The smallest absolute Gasteiger partial charge is 0.124 e.